The molecule has 0 aliphatic carbocycles. The van der Waals surface area contributed by atoms with E-state index in [1.54, 1.807) is 22.7 Å². The predicted molar refractivity (Wildman–Crippen MR) is 119 cm³/mol. The fourth-order valence-electron chi connectivity index (χ4n) is 2.25. The molecule has 0 aliphatic rings. The van der Waals surface area contributed by atoms with Crippen molar-refractivity contribution in [3.05, 3.63) is 55.9 Å². The molecule has 2 N–H and O–H groups in total. The Hall–Kier alpha value is -1.46. The number of aromatic nitrogens is 3. The summed E-state index contributed by atoms with van der Waals surface area (Å²) < 4.78 is 1.96. The number of hydrogen-bond donors (Lipinski definition) is 2. The minimum absolute atomic E-state index is 0. The summed E-state index contributed by atoms with van der Waals surface area (Å²) in [5.41, 5.74) is 1.30. The fourth-order valence-corrected chi connectivity index (χ4v) is 3.74. The average Bonchev–Trinajstić information content (AvgIpc) is 3.33. The van der Waals surface area contributed by atoms with Gasteiger partial charge in [0.2, 0.25) is 0 Å². The van der Waals surface area contributed by atoms with Crippen LogP contribution in [0.4, 0.5) is 0 Å². The normalized spacial score (nSPS) is 11.3. The van der Waals surface area contributed by atoms with Crippen molar-refractivity contribution in [3.8, 4) is 0 Å². The molecular weight excluding hydrogens is 479 g/mol. The maximum absolute atomic E-state index is 4.68. The molecule has 0 saturated carbocycles. The van der Waals surface area contributed by atoms with Gasteiger partial charge < -0.3 is 15.2 Å². The number of aliphatic imine (C=N–C) groups is 1. The molecule has 9 heteroatoms. The molecule has 0 radical (unpaired) electrons. The number of aryl methyl sites for hydroxylation is 2. The van der Waals surface area contributed by atoms with Crippen molar-refractivity contribution in [3.63, 3.8) is 0 Å². The molecule has 3 heterocycles. The molecule has 0 aliphatic heterocycles. The number of rotatable bonds is 6. The molecule has 0 aromatic carbocycles. The van der Waals surface area contributed by atoms with Crippen LogP contribution in [-0.2, 0) is 26.7 Å². The summed E-state index contributed by atoms with van der Waals surface area (Å²) in [7, 11) is 1.96. The molecule has 0 amide bonds. The SMILES string of the molecule is Cc1ccsc1CNC(=NCc1nnc(C)n1C)NCc1cccs1.I. The summed E-state index contributed by atoms with van der Waals surface area (Å²) in [5.74, 6) is 2.52. The lowest BCUT2D eigenvalue weighted by Crippen LogP contribution is -2.36. The van der Waals surface area contributed by atoms with Crippen LogP contribution in [-0.4, -0.2) is 20.7 Å². The summed E-state index contributed by atoms with van der Waals surface area (Å²) in [6.07, 6.45) is 0. The van der Waals surface area contributed by atoms with Crippen molar-refractivity contribution in [1.29, 1.82) is 0 Å². The number of nitrogens with one attached hydrogen (secondary N) is 2. The third-order valence-electron chi connectivity index (χ3n) is 3.96. The first-order valence-electron chi connectivity index (χ1n) is 8.06. The lowest BCUT2D eigenvalue weighted by molar-refractivity contribution is 0.753. The quantitative estimate of drug-likeness (QED) is 0.307. The van der Waals surface area contributed by atoms with Gasteiger partial charge in [0.05, 0.1) is 13.1 Å². The Morgan fingerprint density at radius 1 is 1.12 bits per heavy atom. The molecular formula is C17H23IN6S2. The zero-order valence-corrected chi connectivity index (χ0v) is 19.0. The first-order chi connectivity index (χ1) is 12.1. The van der Waals surface area contributed by atoms with E-state index in [4.69, 9.17) is 0 Å². The second kappa shape index (κ2) is 10.0. The fraction of sp³-hybridized carbons (Fsp3) is 0.353. The van der Waals surface area contributed by atoms with E-state index in [2.05, 4.69) is 61.7 Å². The molecule has 0 spiro atoms. The Balaban J connectivity index is 0.00000243. The van der Waals surface area contributed by atoms with Crippen molar-refractivity contribution in [1.82, 2.24) is 25.4 Å². The molecule has 3 aromatic rings. The second-order valence-corrected chi connectivity index (χ2v) is 7.73. The van der Waals surface area contributed by atoms with E-state index in [0.717, 1.165) is 30.7 Å². The van der Waals surface area contributed by atoms with Gasteiger partial charge in [-0.3, -0.25) is 0 Å². The lowest BCUT2D eigenvalue weighted by atomic mass is 10.3. The van der Waals surface area contributed by atoms with E-state index in [1.807, 2.05) is 18.5 Å². The Labute approximate surface area is 178 Å². The minimum atomic E-state index is 0. The third kappa shape index (κ3) is 5.52. The predicted octanol–water partition coefficient (Wildman–Crippen LogP) is 3.61. The molecule has 0 unspecified atom stereocenters. The largest absolute Gasteiger partial charge is 0.351 e. The van der Waals surface area contributed by atoms with Gasteiger partial charge in [-0.05, 0) is 42.3 Å². The number of nitrogens with zero attached hydrogens (tertiary/aromatic N) is 4. The molecule has 26 heavy (non-hydrogen) atoms. The van der Waals surface area contributed by atoms with Crippen LogP contribution in [0.3, 0.4) is 0 Å². The monoisotopic (exact) mass is 502 g/mol. The van der Waals surface area contributed by atoms with Crippen LogP contribution >= 0.6 is 46.7 Å². The first-order valence-corrected chi connectivity index (χ1v) is 9.82. The van der Waals surface area contributed by atoms with Crippen LogP contribution in [0.2, 0.25) is 0 Å². The summed E-state index contributed by atoms with van der Waals surface area (Å²) in [6, 6.07) is 6.31. The summed E-state index contributed by atoms with van der Waals surface area (Å²) in [6.45, 7) is 6.07. The molecule has 3 rings (SSSR count). The molecule has 0 fully saturated rings. The minimum Gasteiger partial charge on any atom is -0.351 e. The second-order valence-electron chi connectivity index (χ2n) is 5.70. The van der Waals surface area contributed by atoms with E-state index in [9.17, 15) is 0 Å². The maximum Gasteiger partial charge on any atom is 0.192 e. The molecule has 140 valence electrons. The van der Waals surface area contributed by atoms with E-state index >= 15 is 0 Å². The van der Waals surface area contributed by atoms with E-state index in [0.29, 0.717) is 6.54 Å². The van der Waals surface area contributed by atoms with Gasteiger partial charge in [-0.1, -0.05) is 6.07 Å². The van der Waals surface area contributed by atoms with Crippen LogP contribution in [0.25, 0.3) is 0 Å². The molecule has 3 aromatic heterocycles. The maximum atomic E-state index is 4.68. The van der Waals surface area contributed by atoms with Crippen molar-refractivity contribution >= 4 is 52.6 Å². The highest BCUT2D eigenvalue weighted by atomic mass is 127. The summed E-state index contributed by atoms with van der Waals surface area (Å²) in [5, 5.41) is 19.3. The van der Waals surface area contributed by atoms with Crippen molar-refractivity contribution in [2.45, 2.75) is 33.5 Å². The van der Waals surface area contributed by atoms with Gasteiger partial charge in [0, 0.05) is 16.8 Å². The van der Waals surface area contributed by atoms with Gasteiger partial charge >= 0.3 is 0 Å². The number of hydrogen-bond acceptors (Lipinski definition) is 5. The Bertz CT molecular complexity index is 837. The standard InChI is InChI=1S/C17H22N6S2.HI/c1-12-6-8-25-15(12)10-19-17(18-9-14-5-4-7-24-14)20-11-16-22-21-13(2)23(16)3;/h4-8H,9-11H2,1-3H3,(H2,18,19,20);1H. The smallest absolute Gasteiger partial charge is 0.192 e. The Kier molecular flexibility index (Phi) is 8.04. The van der Waals surface area contributed by atoms with E-state index < -0.39 is 0 Å². The number of thiophene rings is 2. The van der Waals surface area contributed by atoms with Crippen molar-refractivity contribution in [2.75, 3.05) is 0 Å². The van der Waals surface area contributed by atoms with Crippen molar-refractivity contribution in [2.24, 2.45) is 12.0 Å². The third-order valence-corrected chi connectivity index (χ3v) is 5.86. The molecule has 0 atom stereocenters. The highest BCUT2D eigenvalue weighted by Crippen LogP contribution is 2.14. The highest BCUT2D eigenvalue weighted by molar-refractivity contribution is 14.0. The Morgan fingerprint density at radius 3 is 2.54 bits per heavy atom. The van der Waals surface area contributed by atoms with Gasteiger partial charge in [-0.25, -0.2) is 4.99 Å². The van der Waals surface area contributed by atoms with Gasteiger partial charge in [0.15, 0.2) is 11.8 Å². The van der Waals surface area contributed by atoms with Crippen molar-refractivity contribution < 1.29 is 0 Å². The Morgan fingerprint density at radius 2 is 1.92 bits per heavy atom. The molecule has 6 nitrogen and oxygen atoms in total. The molecule has 0 saturated heterocycles. The van der Waals surface area contributed by atoms with E-state index in [-0.39, 0.29) is 24.0 Å². The van der Waals surface area contributed by atoms with Crippen LogP contribution in [0.5, 0.6) is 0 Å². The van der Waals surface area contributed by atoms with Crippen LogP contribution in [0.1, 0.15) is 27.0 Å². The van der Waals surface area contributed by atoms with Gasteiger partial charge in [-0.15, -0.1) is 56.8 Å². The summed E-state index contributed by atoms with van der Waals surface area (Å²) in [4.78, 5) is 7.27. The summed E-state index contributed by atoms with van der Waals surface area (Å²) >= 11 is 3.49. The van der Waals surface area contributed by atoms with Crippen LogP contribution < -0.4 is 10.6 Å². The van der Waals surface area contributed by atoms with Gasteiger partial charge in [0.1, 0.15) is 12.4 Å². The van der Waals surface area contributed by atoms with Crippen LogP contribution in [0, 0.1) is 13.8 Å². The zero-order valence-electron chi connectivity index (χ0n) is 15.0. The topological polar surface area (TPSA) is 67.1 Å². The van der Waals surface area contributed by atoms with E-state index in [1.165, 1.54) is 15.3 Å². The number of guanidine groups is 1. The molecule has 0 bridgehead atoms. The average molecular weight is 502 g/mol. The van der Waals surface area contributed by atoms with Crippen LogP contribution in [0.15, 0.2) is 34.0 Å². The number of halogens is 1. The van der Waals surface area contributed by atoms with Gasteiger partial charge in [-0.2, -0.15) is 0 Å². The zero-order chi connectivity index (χ0) is 17.6. The van der Waals surface area contributed by atoms with Gasteiger partial charge in [0.25, 0.3) is 0 Å². The first kappa shape index (κ1) is 20.8. The lowest BCUT2D eigenvalue weighted by Gasteiger charge is -2.12. The highest BCUT2D eigenvalue weighted by Gasteiger charge is 2.07.